The molecular weight excluding hydrogens is 192 g/mol. The Balaban J connectivity index is 2.65. The molecule has 1 N–H and O–H groups in total. The van der Waals surface area contributed by atoms with Crippen molar-refractivity contribution in [1.29, 1.82) is 0 Å². The smallest absolute Gasteiger partial charge is 0.228 e. The zero-order valence-corrected chi connectivity index (χ0v) is 9.69. The maximum Gasteiger partial charge on any atom is 0.228 e. The van der Waals surface area contributed by atoms with Crippen LogP contribution in [0, 0.1) is 0 Å². The Labute approximate surface area is 90.5 Å². The minimum absolute atomic E-state index is 0.0971. The Morgan fingerprint density at radius 1 is 1.53 bits per heavy atom. The highest BCUT2D eigenvalue weighted by Gasteiger charge is 2.05. The lowest BCUT2D eigenvalue weighted by Crippen LogP contribution is -2.26. The van der Waals surface area contributed by atoms with E-state index in [-0.39, 0.29) is 6.10 Å². The van der Waals surface area contributed by atoms with Crippen molar-refractivity contribution in [3.05, 3.63) is 12.3 Å². The number of hydrogen-bond donors (Lipinski definition) is 1. The van der Waals surface area contributed by atoms with E-state index in [1.165, 1.54) is 0 Å². The molecular formula is C10H18N4O. The Bertz CT molecular complexity index is 303. The van der Waals surface area contributed by atoms with E-state index in [9.17, 15) is 0 Å². The first-order valence-corrected chi connectivity index (χ1v) is 4.95. The van der Waals surface area contributed by atoms with Crippen LogP contribution in [0.15, 0.2) is 12.3 Å². The largest absolute Gasteiger partial charge is 0.473 e. The predicted molar refractivity (Wildman–Crippen MR) is 60.4 cm³/mol. The SMILES string of the molecule is CNCC(C)Oc1ccnc(N(C)C)n1. The molecule has 15 heavy (non-hydrogen) atoms. The molecule has 0 aromatic carbocycles. The molecule has 1 aromatic rings. The van der Waals surface area contributed by atoms with E-state index in [1.807, 2.05) is 33.0 Å². The Morgan fingerprint density at radius 2 is 2.27 bits per heavy atom. The second-order valence-electron chi connectivity index (χ2n) is 3.58. The van der Waals surface area contributed by atoms with E-state index >= 15 is 0 Å². The van der Waals surface area contributed by atoms with Gasteiger partial charge in [-0.25, -0.2) is 4.98 Å². The number of rotatable bonds is 5. The van der Waals surface area contributed by atoms with Gasteiger partial charge in [-0.05, 0) is 14.0 Å². The highest BCUT2D eigenvalue weighted by Crippen LogP contribution is 2.11. The molecule has 0 aliphatic heterocycles. The summed E-state index contributed by atoms with van der Waals surface area (Å²) in [6.45, 7) is 2.79. The molecule has 1 aromatic heterocycles. The van der Waals surface area contributed by atoms with E-state index in [1.54, 1.807) is 12.3 Å². The molecule has 0 spiro atoms. The highest BCUT2D eigenvalue weighted by atomic mass is 16.5. The summed E-state index contributed by atoms with van der Waals surface area (Å²) in [6, 6.07) is 1.76. The average molecular weight is 210 g/mol. The van der Waals surface area contributed by atoms with E-state index in [2.05, 4.69) is 15.3 Å². The normalized spacial score (nSPS) is 12.3. The molecule has 0 aliphatic carbocycles. The summed E-state index contributed by atoms with van der Waals surface area (Å²) < 4.78 is 5.61. The summed E-state index contributed by atoms with van der Waals surface area (Å²) in [4.78, 5) is 10.2. The monoisotopic (exact) mass is 210 g/mol. The van der Waals surface area contributed by atoms with Crippen LogP contribution in [0.3, 0.4) is 0 Å². The molecule has 1 heterocycles. The van der Waals surface area contributed by atoms with Gasteiger partial charge in [0, 0.05) is 32.9 Å². The van der Waals surface area contributed by atoms with Gasteiger partial charge in [0.1, 0.15) is 6.10 Å². The number of likely N-dealkylation sites (N-methyl/N-ethyl adjacent to an activating group) is 1. The molecule has 84 valence electrons. The van der Waals surface area contributed by atoms with Crippen molar-refractivity contribution in [3.8, 4) is 5.88 Å². The van der Waals surface area contributed by atoms with Crippen molar-refractivity contribution in [2.75, 3.05) is 32.6 Å². The second-order valence-corrected chi connectivity index (χ2v) is 3.58. The lowest BCUT2D eigenvalue weighted by molar-refractivity contribution is 0.211. The summed E-state index contributed by atoms with van der Waals surface area (Å²) in [6.07, 6.45) is 1.80. The summed E-state index contributed by atoms with van der Waals surface area (Å²) in [7, 11) is 5.69. The van der Waals surface area contributed by atoms with Crippen LogP contribution in [-0.4, -0.2) is 43.8 Å². The second kappa shape index (κ2) is 5.50. The van der Waals surface area contributed by atoms with Crippen molar-refractivity contribution in [2.45, 2.75) is 13.0 Å². The van der Waals surface area contributed by atoms with Crippen molar-refractivity contribution in [2.24, 2.45) is 0 Å². The molecule has 0 amide bonds. The number of nitrogens with one attached hydrogen (secondary N) is 1. The van der Waals surface area contributed by atoms with Gasteiger partial charge in [0.15, 0.2) is 0 Å². The van der Waals surface area contributed by atoms with Gasteiger partial charge in [-0.15, -0.1) is 0 Å². The third-order valence-corrected chi connectivity index (χ3v) is 1.83. The zero-order chi connectivity index (χ0) is 11.3. The number of aromatic nitrogens is 2. The van der Waals surface area contributed by atoms with Crippen LogP contribution in [0.5, 0.6) is 5.88 Å². The molecule has 0 saturated heterocycles. The number of ether oxygens (including phenoxy) is 1. The first-order chi connectivity index (χ1) is 7.13. The van der Waals surface area contributed by atoms with Gasteiger partial charge in [-0.3, -0.25) is 0 Å². The number of hydrogen-bond acceptors (Lipinski definition) is 5. The predicted octanol–water partition coefficient (Wildman–Crippen LogP) is 0.529. The first kappa shape index (κ1) is 11.7. The molecule has 0 fully saturated rings. The Hall–Kier alpha value is -1.36. The van der Waals surface area contributed by atoms with Crippen LogP contribution in [0.2, 0.25) is 0 Å². The minimum atomic E-state index is 0.0971. The third kappa shape index (κ3) is 3.71. The fourth-order valence-electron chi connectivity index (χ4n) is 1.15. The van der Waals surface area contributed by atoms with Crippen molar-refractivity contribution < 1.29 is 4.74 Å². The van der Waals surface area contributed by atoms with Gasteiger partial charge in [-0.2, -0.15) is 4.98 Å². The summed E-state index contributed by atoms with van der Waals surface area (Å²) in [5.41, 5.74) is 0. The molecule has 0 aliphatic rings. The zero-order valence-electron chi connectivity index (χ0n) is 9.69. The lowest BCUT2D eigenvalue weighted by atomic mass is 10.4. The summed E-state index contributed by atoms with van der Waals surface area (Å²) in [5.74, 6) is 1.26. The van der Waals surface area contributed by atoms with E-state index in [4.69, 9.17) is 4.74 Å². The molecule has 1 rings (SSSR count). The van der Waals surface area contributed by atoms with Crippen molar-refractivity contribution in [1.82, 2.24) is 15.3 Å². The standard InChI is InChI=1S/C10H18N4O/c1-8(7-11-2)15-9-5-6-12-10(13-9)14(3)4/h5-6,8,11H,7H2,1-4H3. The van der Waals surface area contributed by atoms with Crippen LogP contribution >= 0.6 is 0 Å². The molecule has 0 bridgehead atoms. The Morgan fingerprint density at radius 3 is 2.87 bits per heavy atom. The molecule has 5 nitrogen and oxygen atoms in total. The molecule has 1 unspecified atom stereocenters. The fraction of sp³-hybridized carbons (Fsp3) is 0.600. The van der Waals surface area contributed by atoms with Gasteiger partial charge < -0.3 is 15.0 Å². The van der Waals surface area contributed by atoms with E-state index in [0.29, 0.717) is 11.8 Å². The van der Waals surface area contributed by atoms with E-state index in [0.717, 1.165) is 6.54 Å². The van der Waals surface area contributed by atoms with Crippen molar-refractivity contribution >= 4 is 5.95 Å². The van der Waals surface area contributed by atoms with Crippen molar-refractivity contribution in [3.63, 3.8) is 0 Å². The topological polar surface area (TPSA) is 50.3 Å². The van der Waals surface area contributed by atoms with Gasteiger partial charge in [0.05, 0.1) is 0 Å². The quantitative estimate of drug-likeness (QED) is 0.768. The number of anilines is 1. The minimum Gasteiger partial charge on any atom is -0.473 e. The van der Waals surface area contributed by atoms with Crippen LogP contribution in [0.1, 0.15) is 6.92 Å². The number of nitrogens with zero attached hydrogens (tertiary/aromatic N) is 3. The van der Waals surface area contributed by atoms with Gasteiger partial charge in [0.25, 0.3) is 0 Å². The van der Waals surface area contributed by atoms with Crippen LogP contribution < -0.4 is 15.0 Å². The highest BCUT2D eigenvalue weighted by molar-refractivity contribution is 5.29. The molecule has 0 radical (unpaired) electrons. The third-order valence-electron chi connectivity index (χ3n) is 1.83. The summed E-state index contributed by atoms with van der Waals surface area (Å²) in [5, 5.41) is 3.05. The fourth-order valence-corrected chi connectivity index (χ4v) is 1.15. The summed E-state index contributed by atoms with van der Waals surface area (Å²) >= 11 is 0. The van der Waals surface area contributed by atoms with Gasteiger partial charge in [0.2, 0.25) is 11.8 Å². The maximum atomic E-state index is 5.61. The van der Waals surface area contributed by atoms with Crippen LogP contribution in [0.25, 0.3) is 0 Å². The van der Waals surface area contributed by atoms with Crippen LogP contribution in [0.4, 0.5) is 5.95 Å². The average Bonchev–Trinajstić information content (AvgIpc) is 2.18. The molecule has 0 saturated carbocycles. The molecule has 1 atom stereocenters. The van der Waals surface area contributed by atoms with Gasteiger partial charge >= 0.3 is 0 Å². The van der Waals surface area contributed by atoms with Crippen LogP contribution in [-0.2, 0) is 0 Å². The lowest BCUT2D eigenvalue weighted by Gasteiger charge is -2.15. The molecule has 5 heteroatoms. The van der Waals surface area contributed by atoms with E-state index < -0.39 is 0 Å². The maximum absolute atomic E-state index is 5.61. The Kier molecular flexibility index (Phi) is 4.30. The van der Waals surface area contributed by atoms with Gasteiger partial charge in [-0.1, -0.05) is 0 Å². The first-order valence-electron chi connectivity index (χ1n) is 4.95.